The van der Waals surface area contributed by atoms with E-state index in [1.165, 1.54) is 11.5 Å². The predicted octanol–water partition coefficient (Wildman–Crippen LogP) is 3.00. The molecule has 1 aromatic heterocycles. The van der Waals surface area contributed by atoms with Crippen molar-refractivity contribution in [1.29, 1.82) is 0 Å². The van der Waals surface area contributed by atoms with Crippen LogP contribution in [0.4, 0.5) is 0 Å². The number of aryl methyl sites for hydroxylation is 1. The Morgan fingerprint density at radius 1 is 1.47 bits per heavy atom. The van der Waals surface area contributed by atoms with Gasteiger partial charge in [0.05, 0.1) is 0 Å². The van der Waals surface area contributed by atoms with Crippen LogP contribution in [-0.2, 0) is 13.0 Å². The smallest absolute Gasteiger partial charge is 0.298 e. The minimum atomic E-state index is 0.328. The molecule has 0 radical (unpaired) electrons. The Labute approximate surface area is 109 Å². The van der Waals surface area contributed by atoms with Gasteiger partial charge in [-0.1, -0.05) is 24.6 Å². The molecule has 0 atom stereocenters. The van der Waals surface area contributed by atoms with E-state index in [1.54, 1.807) is 6.07 Å². The molecule has 0 aliphatic heterocycles. The third kappa shape index (κ3) is 2.74. The lowest BCUT2D eigenvalue weighted by atomic mass is 10.2. The average molecular weight is 270 g/mol. The highest BCUT2D eigenvalue weighted by Gasteiger charge is 2.10. The molecular weight excluding hydrogens is 258 g/mol. The molecule has 0 unspecified atom stereocenters. The Kier molecular flexibility index (Phi) is 3.93. The van der Waals surface area contributed by atoms with Gasteiger partial charge in [-0.05, 0) is 12.1 Å². The summed E-state index contributed by atoms with van der Waals surface area (Å²) in [5, 5.41) is 1.11. The molecule has 0 saturated heterocycles. The lowest BCUT2D eigenvalue weighted by Crippen LogP contribution is -2.00. The number of nitrogens with zero attached hydrogens (tertiary/aromatic N) is 2. The van der Waals surface area contributed by atoms with Gasteiger partial charge in [0, 0.05) is 35.1 Å². The zero-order valence-electron chi connectivity index (χ0n) is 9.31. The van der Waals surface area contributed by atoms with Crippen molar-refractivity contribution in [2.75, 3.05) is 0 Å². The summed E-state index contributed by atoms with van der Waals surface area (Å²) in [4.78, 5) is 4.23. The first-order valence-electron chi connectivity index (χ1n) is 5.22. The van der Waals surface area contributed by atoms with Gasteiger partial charge in [-0.25, -0.2) is 0 Å². The number of nitrogens with two attached hydrogens (primary N) is 1. The highest BCUT2D eigenvalue weighted by molar-refractivity contribution is 7.07. The van der Waals surface area contributed by atoms with Crippen molar-refractivity contribution in [3.05, 3.63) is 34.6 Å². The molecule has 1 heterocycles. The van der Waals surface area contributed by atoms with Crippen molar-refractivity contribution in [2.24, 2.45) is 5.73 Å². The van der Waals surface area contributed by atoms with E-state index in [-0.39, 0.29) is 0 Å². The third-order valence-electron chi connectivity index (χ3n) is 2.24. The number of hydrogen-bond donors (Lipinski definition) is 1. The molecule has 0 spiro atoms. The number of hydrogen-bond acceptors (Lipinski definition) is 5. The molecule has 0 aliphatic rings. The van der Waals surface area contributed by atoms with Crippen LogP contribution in [-0.4, -0.2) is 9.36 Å². The monoisotopic (exact) mass is 269 g/mol. The molecule has 0 bridgehead atoms. The highest BCUT2D eigenvalue weighted by atomic mass is 35.5. The molecule has 2 aromatic rings. The molecule has 17 heavy (non-hydrogen) atoms. The van der Waals surface area contributed by atoms with Gasteiger partial charge in [0.1, 0.15) is 11.6 Å². The first kappa shape index (κ1) is 12.3. The summed E-state index contributed by atoms with van der Waals surface area (Å²) in [5.41, 5.74) is 6.42. The standard InChI is InChI=1S/C11H12ClN3OS/c1-2-10-14-11(17-15-10)16-9-5-3-4-8(12)7(9)6-13/h3-5H,2,6,13H2,1H3. The molecule has 2 N–H and O–H groups in total. The zero-order chi connectivity index (χ0) is 12.3. The second-order valence-corrected chi connectivity index (χ2v) is 4.47. The van der Waals surface area contributed by atoms with E-state index in [1.807, 2.05) is 19.1 Å². The van der Waals surface area contributed by atoms with E-state index in [2.05, 4.69) is 9.36 Å². The van der Waals surface area contributed by atoms with Gasteiger partial charge >= 0.3 is 0 Å². The quantitative estimate of drug-likeness (QED) is 0.927. The number of rotatable bonds is 4. The first-order valence-corrected chi connectivity index (χ1v) is 6.37. The minimum absolute atomic E-state index is 0.328. The van der Waals surface area contributed by atoms with Crippen molar-refractivity contribution in [3.63, 3.8) is 0 Å². The largest absolute Gasteiger partial charge is 0.429 e. The molecule has 0 fully saturated rings. The molecule has 1 aromatic carbocycles. The summed E-state index contributed by atoms with van der Waals surface area (Å²) < 4.78 is 9.79. The van der Waals surface area contributed by atoms with Gasteiger partial charge in [0.25, 0.3) is 5.19 Å². The van der Waals surface area contributed by atoms with E-state index in [9.17, 15) is 0 Å². The second-order valence-electron chi connectivity index (χ2n) is 3.35. The molecule has 0 saturated carbocycles. The van der Waals surface area contributed by atoms with E-state index >= 15 is 0 Å². The summed E-state index contributed by atoms with van der Waals surface area (Å²) in [6.07, 6.45) is 0.791. The van der Waals surface area contributed by atoms with Crippen molar-refractivity contribution in [2.45, 2.75) is 19.9 Å². The summed E-state index contributed by atoms with van der Waals surface area (Å²) in [7, 11) is 0. The number of halogens is 1. The van der Waals surface area contributed by atoms with E-state index < -0.39 is 0 Å². The second kappa shape index (κ2) is 5.44. The maximum atomic E-state index is 6.04. The fourth-order valence-electron chi connectivity index (χ4n) is 1.35. The molecule has 0 amide bonds. The van der Waals surface area contributed by atoms with Crippen molar-refractivity contribution < 1.29 is 4.74 Å². The maximum absolute atomic E-state index is 6.04. The predicted molar refractivity (Wildman–Crippen MR) is 68.7 cm³/mol. The van der Waals surface area contributed by atoms with Gasteiger partial charge in [-0.15, -0.1) is 0 Å². The first-order chi connectivity index (χ1) is 8.24. The van der Waals surface area contributed by atoms with Crippen LogP contribution >= 0.6 is 23.1 Å². The Morgan fingerprint density at radius 2 is 2.29 bits per heavy atom. The fourth-order valence-corrected chi connectivity index (χ4v) is 2.22. The van der Waals surface area contributed by atoms with Crippen LogP contribution in [0.15, 0.2) is 18.2 Å². The van der Waals surface area contributed by atoms with E-state index in [0.29, 0.717) is 22.5 Å². The maximum Gasteiger partial charge on any atom is 0.298 e. The Balaban J connectivity index is 2.26. The van der Waals surface area contributed by atoms with Crippen molar-refractivity contribution in [1.82, 2.24) is 9.36 Å². The van der Waals surface area contributed by atoms with Crippen LogP contribution in [0.2, 0.25) is 5.02 Å². The number of aromatic nitrogens is 2. The molecule has 4 nitrogen and oxygen atoms in total. The number of benzene rings is 1. The summed E-state index contributed by atoms with van der Waals surface area (Å²) in [6, 6.07) is 5.42. The van der Waals surface area contributed by atoms with Gasteiger partial charge in [-0.3, -0.25) is 0 Å². The molecular formula is C11H12ClN3OS. The lowest BCUT2D eigenvalue weighted by molar-refractivity contribution is 0.471. The van der Waals surface area contributed by atoms with Crippen molar-refractivity contribution >= 4 is 23.1 Å². The van der Waals surface area contributed by atoms with Crippen LogP contribution < -0.4 is 10.5 Å². The molecule has 6 heteroatoms. The van der Waals surface area contributed by atoms with E-state index in [0.717, 1.165) is 17.8 Å². The SMILES string of the molecule is CCc1nsc(Oc2cccc(Cl)c2CN)n1. The van der Waals surface area contributed by atoms with E-state index in [4.69, 9.17) is 22.1 Å². The van der Waals surface area contributed by atoms with Gasteiger partial charge in [-0.2, -0.15) is 9.36 Å². The van der Waals surface area contributed by atoms with Gasteiger partial charge in [0.15, 0.2) is 0 Å². The molecule has 90 valence electrons. The highest BCUT2D eigenvalue weighted by Crippen LogP contribution is 2.30. The fraction of sp³-hybridized carbons (Fsp3) is 0.273. The van der Waals surface area contributed by atoms with Gasteiger partial charge in [0.2, 0.25) is 0 Å². The van der Waals surface area contributed by atoms with Crippen LogP contribution in [0.3, 0.4) is 0 Å². The topological polar surface area (TPSA) is 61.0 Å². The van der Waals surface area contributed by atoms with Crippen LogP contribution in [0.1, 0.15) is 18.3 Å². The minimum Gasteiger partial charge on any atom is -0.429 e. The number of ether oxygens (including phenoxy) is 1. The zero-order valence-corrected chi connectivity index (χ0v) is 10.9. The molecule has 0 aliphatic carbocycles. The van der Waals surface area contributed by atoms with Crippen LogP contribution in [0.5, 0.6) is 10.9 Å². The Bertz CT molecular complexity index is 515. The normalized spacial score (nSPS) is 10.5. The summed E-state index contributed by atoms with van der Waals surface area (Å²) >= 11 is 7.26. The van der Waals surface area contributed by atoms with Crippen LogP contribution in [0, 0.1) is 0 Å². The summed E-state index contributed by atoms with van der Waals surface area (Å²) in [5.74, 6) is 1.42. The lowest BCUT2D eigenvalue weighted by Gasteiger charge is -2.08. The van der Waals surface area contributed by atoms with Crippen LogP contribution in [0.25, 0.3) is 0 Å². The average Bonchev–Trinajstić information content (AvgIpc) is 2.77. The van der Waals surface area contributed by atoms with Crippen molar-refractivity contribution in [3.8, 4) is 10.9 Å². The molecule has 2 rings (SSSR count). The Morgan fingerprint density at radius 3 is 2.94 bits per heavy atom. The van der Waals surface area contributed by atoms with Gasteiger partial charge < -0.3 is 10.5 Å². The summed E-state index contributed by atoms with van der Waals surface area (Å²) in [6.45, 7) is 2.32. The third-order valence-corrected chi connectivity index (χ3v) is 3.23. The Hall–Kier alpha value is -1.17.